The Morgan fingerprint density at radius 1 is 1.58 bits per heavy atom. The average molecular weight is 299 g/mol. The monoisotopic (exact) mass is 299 g/mol. The minimum Gasteiger partial charge on any atom is -0.348 e. The van der Waals surface area contributed by atoms with Crippen LogP contribution < -0.4 is 5.32 Å². The minimum absolute atomic E-state index is 0.0227. The van der Waals surface area contributed by atoms with Crippen molar-refractivity contribution in [3.05, 3.63) is 33.9 Å². The molecule has 0 bridgehead atoms. The maximum atomic E-state index is 11.9. The number of amides is 1. The number of rotatable bonds is 5. The van der Waals surface area contributed by atoms with Gasteiger partial charge in [0.15, 0.2) is 9.84 Å². The van der Waals surface area contributed by atoms with Crippen LogP contribution in [0.2, 0.25) is 0 Å². The summed E-state index contributed by atoms with van der Waals surface area (Å²) in [4.78, 5) is 13.1. The summed E-state index contributed by atoms with van der Waals surface area (Å²) in [6.45, 7) is 2.02. The maximum Gasteiger partial charge on any atom is 0.221 e. The molecule has 104 valence electrons. The van der Waals surface area contributed by atoms with Gasteiger partial charge in [0.1, 0.15) is 0 Å². The molecule has 0 fully saturated rings. The molecule has 2 heterocycles. The van der Waals surface area contributed by atoms with Gasteiger partial charge in [0.05, 0.1) is 11.8 Å². The molecule has 0 aromatic carbocycles. The minimum atomic E-state index is -3.08. The lowest BCUT2D eigenvalue weighted by atomic mass is 10.1. The molecular formula is C13H17NO3S2. The van der Waals surface area contributed by atoms with Crippen molar-refractivity contribution in [3.8, 4) is 0 Å². The van der Waals surface area contributed by atoms with Gasteiger partial charge < -0.3 is 5.32 Å². The van der Waals surface area contributed by atoms with Crippen LogP contribution >= 0.6 is 11.3 Å². The van der Waals surface area contributed by atoms with E-state index in [4.69, 9.17) is 0 Å². The number of sulfone groups is 1. The SMILES string of the molecule is CC[C@H](NC(=O)C[C@@H]1C=CS(=O)(=O)C1)c1cccs1. The lowest BCUT2D eigenvalue weighted by molar-refractivity contribution is -0.122. The highest BCUT2D eigenvalue weighted by molar-refractivity contribution is 7.94. The molecule has 0 spiro atoms. The molecule has 0 unspecified atom stereocenters. The van der Waals surface area contributed by atoms with Crippen LogP contribution in [0.25, 0.3) is 0 Å². The Labute approximate surface area is 117 Å². The van der Waals surface area contributed by atoms with Crippen molar-refractivity contribution in [2.45, 2.75) is 25.8 Å². The summed E-state index contributed by atoms with van der Waals surface area (Å²) in [5.41, 5.74) is 0. The van der Waals surface area contributed by atoms with Crippen LogP contribution in [0.1, 0.15) is 30.7 Å². The molecule has 1 aliphatic heterocycles. The second kappa shape index (κ2) is 5.88. The number of carbonyl (C=O) groups excluding carboxylic acids is 1. The van der Waals surface area contributed by atoms with Gasteiger partial charge in [-0.05, 0) is 17.9 Å². The van der Waals surface area contributed by atoms with E-state index in [9.17, 15) is 13.2 Å². The quantitative estimate of drug-likeness (QED) is 0.907. The molecule has 1 aromatic heterocycles. The van der Waals surface area contributed by atoms with Crippen LogP contribution in [0.4, 0.5) is 0 Å². The lowest BCUT2D eigenvalue weighted by Crippen LogP contribution is -2.29. The molecule has 4 nitrogen and oxygen atoms in total. The van der Waals surface area contributed by atoms with Gasteiger partial charge in [-0.2, -0.15) is 0 Å². The second-order valence-corrected chi connectivity index (χ2v) is 7.58. The smallest absolute Gasteiger partial charge is 0.221 e. The number of hydrogen-bond acceptors (Lipinski definition) is 4. The van der Waals surface area contributed by atoms with Crippen molar-refractivity contribution in [3.63, 3.8) is 0 Å². The standard InChI is InChI=1S/C13H17NO3S2/c1-2-11(12-4-3-6-18-12)14-13(15)8-10-5-7-19(16,17)9-10/h3-7,10-11H,2,8-9H2,1H3,(H,14,15)/t10-,11-/m0/s1. The van der Waals surface area contributed by atoms with Crippen molar-refractivity contribution >= 4 is 27.1 Å². The number of hydrogen-bond donors (Lipinski definition) is 1. The number of thiophene rings is 1. The molecule has 2 atom stereocenters. The van der Waals surface area contributed by atoms with Crippen molar-refractivity contribution in [1.82, 2.24) is 5.32 Å². The highest BCUT2D eigenvalue weighted by Gasteiger charge is 2.24. The van der Waals surface area contributed by atoms with Crippen LogP contribution in [0.3, 0.4) is 0 Å². The van der Waals surface area contributed by atoms with E-state index in [2.05, 4.69) is 5.32 Å². The fourth-order valence-corrected chi connectivity index (χ4v) is 4.38. The van der Waals surface area contributed by atoms with Crippen LogP contribution in [-0.2, 0) is 14.6 Å². The maximum absolute atomic E-state index is 11.9. The molecule has 1 aromatic rings. The Hall–Kier alpha value is -1.14. The summed E-state index contributed by atoms with van der Waals surface area (Å²) >= 11 is 1.62. The number of allylic oxidation sites excluding steroid dienone is 1. The van der Waals surface area contributed by atoms with E-state index in [0.29, 0.717) is 0 Å². The van der Waals surface area contributed by atoms with Crippen molar-refractivity contribution in [2.24, 2.45) is 5.92 Å². The van der Waals surface area contributed by atoms with E-state index in [1.165, 1.54) is 5.41 Å². The summed E-state index contributed by atoms with van der Waals surface area (Å²) in [6.07, 6.45) is 2.67. The number of nitrogens with one attached hydrogen (secondary N) is 1. The molecule has 19 heavy (non-hydrogen) atoms. The second-order valence-electron chi connectivity index (χ2n) is 4.67. The van der Waals surface area contributed by atoms with E-state index in [1.807, 2.05) is 24.4 Å². The normalized spacial score (nSPS) is 22.3. The van der Waals surface area contributed by atoms with Gasteiger partial charge in [0.25, 0.3) is 0 Å². The van der Waals surface area contributed by atoms with E-state index >= 15 is 0 Å². The molecule has 0 radical (unpaired) electrons. The molecule has 0 saturated carbocycles. The summed E-state index contributed by atoms with van der Waals surface area (Å²) in [7, 11) is -3.08. The topological polar surface area (TPSA) is 63.2 Å². The zero-order chi connectivity index (χ0) is 13.9. The van der Waals surface area contributed by atoms with Crippen LogP contribution in [0.15, 0.2) is 29.0 Å². The molecule has 6 heteroatoms. The Balaban J connectivity index is 1.89. The largest absolute Gasteiger partial charge is 0.348 e. The fraction of sp³-hybridized carbons (Fsp3) is 0.462. The Morgan fingerprint density at radius 2 is 2.37 bits per heavy atom. The molecular weight excluding hydrogens is 282 g/mol. The van der Waals surface area contributed by atoms with Crippen molar-refractivity contribution < 1.29 is 13.2 Å². The average Bonchev–Trinajstić information content (AvgIpc) is 2.96. The van der Waals surface area contributed by atoms with Crippen LogP contribution in [0.5, 0.6) is 0 Å². The fourth-order valence-electron chi connectivity index (χ4n) is 2.12. The van der Waals surface area contributed by atoms with E-state index in [-0.39, 0.29) is 30.0 Å². The van der Waals surface area contributed by atoms with E-state index in [0.717, 1.165) is 11.3 Å². The van der Waals surface area contributed by atoms with Crippen LogP contribution in [0, 0.1) is 5.92 Å². The van der Waals surface area contributed by atoms with Gasteiger partial charge in [-0.25, -0.2) is 8.42 Å². The zero-order valence-corrected chi connectivity index (χ0v) is 12.3. The van der Waals surface area contributed by atoms with Gasteiger partial charge >= 0.3 is 0 Å². The Morgan fingerprint density at radius 3 is 2.89 bits per heavy atom. The molecule has 1 amide bonds. The van der Waals surface area contributed by atoms with Gasteiger partial charge in [0.2, 0.25) is 5.91 Å². The third-order valence-electron chi connectivity index (χ3n) is 3.08. The Bertz CT molecular complexity index is 561. The van der Waals surface area contributed by atoms with Crippen LogP contribution in [-0.4, -0.2) is 20.1 Å². The first-order valence-corrected chi connectivity index (χ1v) is 8.83. The predicted molar refractivity (Wildman–Crippen MR) is 76.5 cm³/mol. The van der Waals surface area contributed by atoms with E-state index < -0.39 is 9.84 Å². The van der Waals surface area contributed by atoms with Gasteiger partial charge in [-0.15, -0.1) is 11.3 Å². The molecule has 0 aliphatic carbocycles. The first kappa shape index (κ1) is 14.3. The van der Waals surface area contributed by atoms with Crippen molar-refractivity contribution in [2.75, 3.05) is 5.75 Å². The highest BCUT2D eigenvalue weighted by Crippen LogP contribution is 2.23. The third kappa shape index (κ3) is 3.91. The Kier molecular flexibility index (Phi) is 4.42. The third-order valence-corrected chi connectivity index (χ3v) is 5.53. The van der Waals surface area contributed by atoms with Gasteiger partial charge in [-0.1, -0.05) is 19.1 Å². The zero-order valence-electron chi connectivity index (χ0n) is 10.7. The first-order valence-electron chi connectivity index (χ1n) is 6.24. The van der Waals surface area contributed by atoms with E-state index in [1.54, 1.807) is 17.4 Å². The lowest BCUT2D eigenvalue weighted by Gasteiger charge is -2.16. The predicted octanol–water partition coefficient (Wildman–Crippen LogP) is 2.26. The summed E-state index contributed by atoms with van der Waals surface area (Å²) < 4.78 is 22.5. The summed E-state index contributed by atoms with van der Waals surface area (Å²) in [5.74, 6) is -0.228. The van der Waals surface area contributed by atoms with Gasteiger partial charge in [0, 0.05) is 22.6 Å². The molecule has 2 rings (SSSR count). The molecule has 1 N–H and O–H groups in total. The molecule has 0 saturated heterocycles. The number of carbonyl (C=O) groups is 1. The van der Waals surface area contributed by atoms with Gasteiger partial charge in [-0.3, -0.25) is 4.79 Å². The summed E-state index contributed by atoms with van der Waals surface area (Å²) in [5, 5.41) is 6.16. The highest BCUT2D eigenvalue weighted by atomic mass is 32.2. The molecule has 1 aliphatic rings. The summed E-state index contributed by atoms with van der Waals surface area (Å²) in [6, 6.07) is 3.98. The first-order chi connectivity index (χ1) is 9.00. The van der Waals surface area contributed by atoms with Crippen molar-refractivity contribution in [1.29, 1.82) is 0 Å².